The maximum absolute atomic E-state index is 9.60. The molecule has 17 rings (SSSR count). The summed E-state index contributed by atoms with van der Waals surface area (Å²) in [6.45, 7) is 11.4. The molecule has 18 N–H and O–H groups in total. The molecule has 0 spiro atoms. The Morgan fingerprint density at radius 3 is 1.21 bits per heavy atom. The Bertz CT molecular complexity index is 6460. The molecule has 0 fully saturated rings. The van der Waals surface area contributed by atoms with Crippen molar-refractivity contribution < 1.29 is 115 Å². The molecule has 0 unspecified atom stereocenters. The molecule has 39 heteroatoms. The number of phenols is 18. The fraction of sp³-hybridized carbons (Fsp3) is 0.167. The first-order valence-corrected chi connectivity index (χ1v) is 52.1. The second-order valence-corrected chi connectivity index (χ2v) is 47.7. The number of aromatic hydroxyl groups is 18. The van der Waals surface area contributed by atoms with E-state index < -0.39 is 18.4 Å². The van der Waals surface area contributed by atoms with Gasteiger partial charge in [0.1, 0.15) is 20.7 Å². The molecule has 0 saturated carbocycles. The zero-order valence-electron chi connectivity index (χ0n) is 73.1. The van der Waals surface area contributed by atoms with Crippen molar-refractivity contribution >= 4 is 76.5 Å². The van der Waals surface area contributed by atoms with E-state index in [2.05, 4.69) is 129 Å². The Morgan fingerprint density at radius 1 is 0.333 bits per heavy atom. The van der Waals surface area contributed by atoms with Crippen molar-refractivity contribution in [2.45, 2.75) is 86.5 Å². The van der Waals surface area contributed by atoms with Crippen LogP contribution in [-0.4, -0.2) is 180 Å². The van der Waals surface area contributed by atoms with Gasteiger partial charge in [-0.25, -0.2) is 14.6 Å². The van der Waals surface area contributed by atoms with Gasteiger partial charge in [0.2, 0.25) is 17.7 Å². The van der Waals surface area contributed by atoms with E-state index in [4.69, 9.17) is 27.8 Å². The minimum Gasteiger partial charge on any atom is -0.504 e. The number of benzene rings is 11. The molecule has 11 aromatic carbocycles. The minimum atomic E-state index is -2.75. The normalized spacial score (nSPS) is 10.9. The van der Waals surface area contributed by atoms with Crippen LogP contribution in [0.3, 0.4) is 0 Å². The summed E-state index contributed by atoms with van der Waals surface area (Å²) in [6, 6.07) is 47.6. The van der Waals surface area contributed by atoms with Crippen LogP contribution >= 0.6 is 54.5 Å². The summed E-state index contributed by atoms with van der Waals surface area (Å²) in [5.74, 6) is -0.762. The molecule has 0 amide bonds. The summed E-state index contributed by atoms with van der Waals surface area (Å²) >= 11 is 6.57. The number of rotatable bonds is 23. The largest absolute Gasteiger partial charge is 0.504 e. The number of nitrogens with zero attached hydrogens (tertiary/aromatic N) is 11. The molecule has 0 aliphatic rings. The molecule has 698 valence electrons. The third-order valence-electron chi connectivity index (χ3n) is 21.0. The van der Waals surface area contributed by atoms with Crippen molar-refractivity contribution in [2.24, 2.45) is 0 Å². The average molecular weight is 2110 g/mol. The fourth-order valence-corrected chi connectivity index (χ4v) is 33.2. The van der Waals surface area contributed by atoms with E-state index in [0.29, 0.717) is 93.9 Å². The first-order chi connectivity index (χ1) is 64.7. The molecule has 0 aliphatic carbocycles. The zero-order chi connectivity index (χ0) is 97.1. The van der Waals surface area contributed by atoms with Crippen molar-refractivity contribution in [2.75, 3.05) is 14.2 Å². The van der Waals surface area contributed by atoms with Crippen molar-refractivity contribution in [3.05, 3.63) is 226 Å². The molecule has 0 saturated heterocycles. The molecule has 6 aromatic heterocycles. The molecular formula is C96H91Br2N11O23S2Sn. The predicted molar refractivity (Wildman–Crippen MR) is 515 cm³/mol. The third-order valence-corrected chi connectivity index (χ3v) is 39.9. The van der Waals surface area contributed by atoms with Crippen LogP contribution in [0.5, 0.6) is 115 Å². The minimum absolute atomic E-state index is 0.121. The van der Waals surface area contributed by atoms with Crippen LogP contribution in [0.25, 0.3) is 117 Å². The molecule has 135 heavy (non-hydrogen) atoms. The van der Waals surface area contributed by atoms with Gasteiger partial charge in [0, 0.05) is 55.0 Å². The van der Waals surface area contributed by atoms with Gasteiger partial charge in [-0.05, 0) is 184 Å². The average Bonchev–Trinajstić information content (AvgIpc) is 1.75. The van der Waals surface area contributed by atoms with Gasteiger partial charge in [0.05, 0.1) is 28.1 Å². The van der Waals surface area contributed by atoms with E-state index in [0.717, 1.165) is 19.9 Å². The summed E-state index contributed by atoms with van der Waals surface area (Å²) in [7, 11) is 3.27. The second-order valence-electron chi connectivity index (χ2n) is 30.3. The number of ether oxygens (including phenoxy) is 2. The van der Waals surface area contributed by atoms with E-state index in [1.165, 1.54) is 223 Å². The van der Waals surface area contributed by atoms with Gasteiger partial charge in [-0.15, -0.1) is 36.8 Å². The number of phenolic OH excluding ortho intramolecular Hbond substituents is 18. The molecule has 0 radical (unpaired) electrons. The standard InChI is InChI=1S/C18H17N2O3.C15H11NO5.C14H9BrN2O4S.C14H11N3O4.C14H10N2O5.C9H6BrNO2S.3C4H9.Sn/c1-11-5-6-13(9-12(11)2)17-19-20-18(23-17)14-7-8-15(21-3)16(10-14)22-4;17-10-3-1-8(5-12(10)19)14-7-16-15(21-14)9-2-4-11(18)13(20)6-9;15-8-5-12(21)11(20)4-7(8)14-17-16-13(22-14)6-1-2-9(18)10(19)3-6;18-11-3-1-8(5-13(11)20)10-7-17(16-15-10)9-2-4-12(19)14(21)6-9;17-9-3-1-7(5-11(9)19)13-15-16-14(21-13)8-2-4-10(18)12(20)6-8;10-8-4-11-9(14-8)5-1-2-6(12)7(13)3-5;3*1-3-4-2;/h5,7-10H,1-4H3;1-7,17-20H;1-5,18-21H;1-7,18-21H;1-6,17-20H;1-4,12-13H;3*1,3-4H2,2H3;. The number of aryl methyl sites for hydroxylation is 2. The van der Waals surface area contributed by atoms with E-state index in [-0.39, 0.29) is 121 Å². The molecule has 6 heterocycles. The third kappa shape index (κ3) is 24.7. The number of hydrogen-bond donors (Lipinski definition) is 18. The van der Waals surface area contributed by atoms with Crippen molar-refractivity contribution in [3.8, 4) is 232 Å². The quantitative estimate of drug-likeness (QED) is 0.0209. The van der Waals surface area contributed by atoms with Gasteiger partial charge in [0.15, 0.2) is 109 Å². The van der Waals surface area contributed by atoms with Gasteiger partial charge in [-0.2, -0.15) is 0 Å². The SMILES string of the molecule is CCC[CH2][Sn]([CH2]CCC)([CH2]CCC)[c]1cc(C)c(C)cc1-c1nnc(-c2ccc(OC)c(OC)c2)o1.Oc1ccc(-c2cn(-c3ccc(O)c(O)c3)nn2)cc1O.Oc1ccc(-c2cnc(-c3ccc(O)c(O)c3)o2)cc1O.Oc1ccc(-c2ncc(Br)s2)cc1O.Oc1ccc(-c2nnc(-c3cc(O)c(O)cc3Br)s2)cc1O.Oc1ccc(-c2nnc(-c3ccc(O)c(O)c3)o2)cc1O. The van der Waals surface area contributed by atoms with Gasteiger partial charge in [-0.3, -0.25) is 0 Å². The Labute approximate surface area is 799 Å². The van der Waals surface area contributed by atoms with Crippen LogP contribution in [-0.2, 0) is 0 Å². The summed E-state index contributed by atoms with van der Waals surface area (Å²) in [4.78, 5) is 8.22. The molecule has 0 aliphatic heterocycles. The van der Waals surface area contributed by atoms with E-state index in [9.17, 15) is 86.8 Å². The van der Waals surface area contributed by atoms with Crippen molar-refractivity contribution in [1.82, 2.24) is 55.6 Å². The summed E-state index contributed by atoms with van der Waals surface area (Å²) < 4.78 is 37.0. The fourth-order valence-electron chi connectivity index (χ4n) is 13.5. The first kappa shape index (κ1) is 99.0. The second kappa shape index (κ2) is 44.9. The van der Waals surface area contributed by atoms with Gasteiger partial charge >= 0.3 is 223 Å². The number of halogens is 2. The first-order valence-electron chi connectivity index (χ1n) is 41.4. The topological polar surface area (TPSA) is 556 Å². The molecule has 34 nitrogen and oxygen atoms in total. The Balaban J connectivity index is 0.000000149. The van der Waals surface area contributed by atoms with Crippen LogP contribution in [0.2, 0.25) is 13.3 Å². The maximum Gasteiger partial charge on any atom is 0.248 e. The van der Waals surface area contributed by atoms with Crippen molar-refractivity contribution in [1.29, 1.82) is 0 Å². The van der Waals surface area contributed by atoms with Crippen LogP contribution in [0, 0.1) is 13.8 Å². The van der Waals surface area contributed by atoms with Crippen molar-refractivity contribution in [3.63, 3.8) is 0 Å². The van der Waals surface area contributed by atoms with Crippen LogP contribution in [0.15, 0.2) is 228 Å². The zero-order valence-corrected chi connectivity index (χ0v) is 80.7. The monoisotopic (exact) mass is 2110 g/mol. The number of methoxy groups -OCH3 is 2. The van der Waals surface area contributed by atoms with Gasteiger partial charge in [-0.1, -0.05) is 16.6 Å². The van der Waals surface area contributed by atoms with E-state index >= 15 is 0 Å². The number of aromatic nitrogens is 11. The van der Waals surface area contributed by atoms with E-state index in [1.54, 1.807) is 66.6 Å². The number of oxazole rings is 1. The molecule has 17 aromatic rings. The molecular weight excluding hydrogens is 2020 g/mol. The summed E-state index contributed by atoms with van der Waals surface area (Å²) in [6.07, 6.45) is 12.5. The van der Waals surface area contributed by atoms with Crippen LogP contribution < -0.4 is 13.1 Å². The Kier molecular flexibility index (Phi) is 33.0. The predicted octanol–water partition coefficient (Wildman–Crippen LogP) is 21.3. The maximum atomic E-state index is 9.60. The Morgan fingerprint density at radius 2 is 0.726 bits per heavy atom. The van der Waals surface area contributed by atoms with Gasteiger partial charge in [0.25, 0.3) is 0 Å². The summed E-state index contributed by atoms with van der Waals surface area (Å²) in [5.41, 5.74) is 10.2. The summed E-state index contributed by atoms with van der Waals surface area (Å²) in [5, 5.41) is 203. The molecule has 0 bridgehead atoms. The number of unbranched alkanes of at least 4 members (excludes halogenated alkanes) is 3. The Hall–Kier alpha value is -15.0. The molecule has 0 atom stereocenters. The number of thiazole rings is 1. The smallest absolute Gasteiger partial charge is 0.248 e. The van der Waals surface area contributed by atoms with Gasteiger partial charge < -0.3 is 101 Å². The van der Waals surface area contributed by atoms with Crippen LogP contribution in [0.1, 0.15) is 70.4 Å². The number of hydrogen-bond acceptors (Lipinski definition) is 35. The van der Waals surface area contributed by atoms with E-state index in [1.807, 2.05) is 18.2 Å². The van der Waals surface area contributed by atoms with Crippen LogP contribution in [0.4, 0.5) is 0 Å².